The van der Waals surface area contributed by atoms with Gasteiger partial charge in [-0.25, -0.2) is 9.59 Å². The van der Waals surface area contributed by atoms with Gasteiger partial charge < -0.3 is 28.8 Å². The van der Waals surface area contributed by atoms with E-state index in [-0.39, 0.29) is 18.8 Å². The van der Waals surface area contributed by atoms with Gasteiger partial charge in [0.1, 0.15) is 13.2 Å². The molecule has 0 saturated heterocycles. The topological polar surface area (TPSA) is 152 Å². The summed E-state index contributed by atoms with van der Waals surface area (Å²) in [7, 11) is 3.05. The molecule has 1 N–H and O–H groups in total. The molecule has 0 saturated carbocycles. The maximum Gasteiger partial charge on any atom is 0.338 e. The molecular weight excluding hydrogens is 592 g/mol. The van der Waals surface area contributed by atoms with E-state index < -0.39 is 11.9 Å². The van der Waals surface area contributed by atoms with Crippen LogP contribution in [0.5, 0.6) is 23.0 Å². The van der Waals surface area contributed by atoms with E-state index in [1.165, 1.54) is 19.2 Å². The molecule has 12 nitrogen and oxygen atoms in total. The summed E-state index contributed by atoms with van der Waals surface area (Å²) in [4.78, 5) is 40.7. The molecule has 2 aromatic carbocycles. The number of carbonyl (C=O) groups is 2. The molecule has 46 heavy (non-hydrogen) atoms. The molecule has 4 rings (SSSR count). The number of benzene rings is 2. The number of ether oxygens (including phenoxy) is 5. The molecule has 0 radical (unpaired) electrons. The summed E-state index contributed by atoms with van der Waals surface area (Å²) in [5, 5.41) is 9.05. The summed E-state index contributed by atoms with van der Waals surface area (Å²) < 4.78 is 27.0. The molecule has 0 unspecified atom stereocenters. The molecule has 0 amide bonds. The van der Waals surface area contributed by atoms with Crippen molar-refractivity contribution in [2.24, 2.45) is 0 Å². The Labute approximate surface area is 268 Å². The average molecular weight is 633 g/mol. The van der Waals surface area contributed by atoms with Crippen LogP contribution in [0.1, 0.15) is 73.2 Å². The Morgan fingerprint density at radius 2 is 1.02 bits per heavy atom. The lowest BCUT2D eigenvalue weighted by Crippen LogP contribution is -2.08. The van der Waals surface area contributed by atoms with E-state index in [0.717, 1.165) is 39.9 Å². The highest BCUT2D eigenvalue weighted by Crippen LogP contribution is 2.30. The third kappa shape index (κ3) is 9.13. The van der Waals surface area contributed by atoms with Gasteiger partial charge in [-0.15, -0.1) is 0 Å². The molecule has 0 fully saturated rings. The van der Waals surface area contributed by atoms with Crippen molar-refractivity contribution in [1.82, 2.24) is 19.9 Å². The summed E-state index contributed by atoms with van der Waals surface area (Å²) in [5.74, 6) is 0.420. The van der Waals surface area contributed by atoms with E-state index in [1.807, 2.05) is 41.5 Å². The Morgan fingerprint density at radius 1 is 0.609 bits per heavy atom. The fourth-order valence-electron chi connectivity index (χ4n) is 4.14. The van der Waals surface area contributed by atoms with E-state index in [2.05, 4.69) is 19.9 Å². The molecule has 12 heteroatoms. The lowest BCUT2D eigenvalue weighted by molar-refractivity contribution is 0.0525. The monoisotopic (exact) mass is 632 g/mol. The fraction of sp³-hybridized carbons (Fsp3) is 0.353. The number of aromatic carboxylic acids is 1. The first-order valence-corrected chi connectivity index (χ1v) is 14.5. The lowest BCUT2D eigenvalue weighted by Gasteiger charge is -2.13. The molecule has 2 heterocycles. The number of rotatable bonds is 11. The zero-order valence-electron chi connectivity index (χ0n) is 27.7. The van der Waals surface area contributed by atoms with Crippen LogP contribution in [0.25, 0.3) is 0 Å². The van der Waals surface area contributed by atoms with E-state index in [9.17, 15) is 9.59 Å². The quantitative estimate of drug-likeness (QED) is 0.197. The summed E-state index contributed by atoms with van der Waals surface area (Å²) in [6, 6.07) is 9.41. The minimum absolute atomic E-state index is 0.138. The minimum Gasteiger partial charge on any atom is -0.493 e. The third-order valence-electron chi connectivity index (χ3n) is 6.97. The Hall–Kier alpha value is -5.26. The number of esters is 1. The van der Waals surface area contributed by atoms with Crippen molar-refractivity contribution < 1.29 is 38.4 Å². The number of aryl methyl sites for hydroxylation is 6. The normalized spacial score (nSPS) is 10.4. The van der Waals surface area contributed by atoms with Crippen molar-refractivity contribution in [3.63, 3.8) is 0 Å². The molecule has 0 spiro atoms. The highest BCUT2D eigenvalue weighted by Gasteiger charge is 2.15. The first-order chi connectivity index (χ1) is 21.9. The van der Waals surface area contributed by atoms with Crippen LogP contribution in [0.2, 0.25) is 0 Å². The predicted octanol–water partition coefficient (Wildman–Crippen LogP) is 5.85. The average Bonchev–Trinajstić information content (AvgIpc) is 3.03. The van der Waals surface area contributed by atoms with Crippen LogP contribution in [0.3, 0.4) is 0 Å². The Balaban J connectivity index is 0.000000251. The number of nitrogens with zero attached hydrogens (tertiary/aromatic N) is 4. The van der Waals surface area contributed by atoms with Gasteiger partial charge in [0.15, 0.2) is 23.0 Å². The molecular formula is C34H40N4O8. The van der Waals surface area contributed by atoms with Gasteiger partial charge in [-0.3, -0.25) is 19.9 Å². The molecule has 4 aromatic rings. The Bertz CT molecular complexity index is 1710. The van der Waals surface area contributed by atoms with Crippen LogP contribution >= 0.6 is 0 Å². The van der Waals surface area contributed by atoms with Crippen LogP contribution in [-0.2, 0) is 18.0 Å². The Morgan fingerprint density at radius 3 is 1.43 bits per heavy atom. The maximum absolute atomic E-state index is 11.9. The molecule has 0 aliphatic rings. The van der Waals surface area contributed by atoms with Gasteiger partial charge >= 0.3 is 11.9 Å². The van der Waals surface area contributed by atoms with Crippen LogP contribution in [0, 0.1) is 41.5 Å². The van der Waals surface area contributed by atoms with Gasteiger partial charge in [-0.05, 0) is 84.9 Å². The number of carboxylic acids is 1. The van der Waals surface area contributed by atoms with Crippen molar-refractivity contribution >= 4 is 11.9 Å². The van der Waals surface area contributed by atoms with Crippen LogP contribution < -0.4 is 18.9 Å². The second-order valence-electron chi connectivity index (χ2n) is 10.2. The highest BCUT2D eigenvalue weighted by molar-refractivity contribution is 5.90. The fourth-order valence-corrected chi connectivity index (χ4v) is 4.14. The van der Waals surface area contributed by atoms with Crippen molar-refractivity contribution in [2.75, 3.05) is 20.8 Å². The number of hydrogen-bond donors (Lipinski definition) is 1. The van der Waals surface area contributed by atoms with E-state index in [4.69, 9.17) is 28.8 Å². The first kappa shape index (κ1) is 35.2. The second-order valence-corrected chi connectivity index (χ2v) is 10.2. The van der Waals surface area contributed by atoms with Crippen LogP contribution in [0.15, 0.2) is 36.4 Å². The largest absolute Gasteiger partial charge is 0.493 e. The van der Waals surface area contributed by atoms with Gasteiger partial charge in [0, 0.05) is 0 Å². The van der Waals surface area contributed by atoms with E-state index >= 15 is 0 Å². The Kier molecular flexibility index (Phi) is 12.4. The van der Waals surface area contributed by atoms with Crippen molar-refractivity contribution in [3.05, 3.63) is 93.1 Å². The molecule has 244 valence electrons. The number of hydrogen-bond acceptors (Lipinski definition) is 11. The zero-order chi connectivity index (χ0) is 34.0. The van der Waals surface area contributed by atoms with Gasteiger partial charge in [-0.1, -0.05) is 0 Å². The van der Waals surface area contributed by atoms with Gasteiger partial charge in [0.25, 0.3) is 0 Å². The molecule has 0 atom stereocenters. The molecule has 0 aliphatic carbocycles. The van der Waals surface area contributed by atoms with E-state index in [1.54, 1.807) is 38.3 Å². The summed E-state index contributed by atoms with van der Waals surface area (Å²) in [6.07, 6.45) is 0. The van der Waals surface area contributed by atoms with Gasteiger partial charge in [0.05, 0.1) is 77.5 Å². The standard InChI is InChI=1S/C18H22N2O4.C16H18N2O4/c1-6-23-18(21)14-7-8-16(22-5)17(9-14)24-10-15-13(4)19-11(2)12(3)20-15;1-9-10(2)18-13(11(3)17-9)8-22-15-7-12(16(19)20)5-6-14(15)21-4/h7-9H,6,10H2,1-5H3;5-7H,8H2,1-4H3,(H,19,20). The van der Waals surface area contributed by atoms with Crippen molar-refractivity contribution in [2.45, 2.75) is 61.7 Å². The summed E-state index contributed by atoms with van der Waals surface area (Å²) in [6.45, 7) is 13.9. The second kappa shape index (κ2) is 16.2. The van der Waals surface area contributed by atoms with Gasteiger partial charge in [0.2, 0.25) is 0 Å². The number of carbonyl (C=O) groups excluding carboxylic acids is 1. The highest BCUT2D eigenvalue weighted by atomic mass is 16.5. The van der Waals surface area contributed by atoms with Crippen molar-refractivity contribution in [1.29, 1.82) is 0 Å². The van der Waals surface area contributed by atoms with Crippen LogP contribution in [-0.4, -0.2) is 57.8 Å². The minimum atomic E-state index is -1.02. The lowest BCUT2D eigenvalue weighted by atomic mass is 10.2. The van der Waals surface area contributed by atoms with Gasteiger partial charge in [-0.2, -0.15) is 0 Å². The molecule has 0 bridgehead atoms. The molecule has 0 aliphatic heterocycles. The number of aromatic nitrogens is 4. The summed E-state index contributed by atoms with van der Waals surface area (Å²) in [5.41, 5.74) is 7.11. The predicted molar refractivity (Wildman–Crippen MR) is 170 cm³/mol. The van der Waals surface area contributed by atoms with Crippen molar-refractivity contribution in [3.8, 4) is 23.0 Å². The maximum atomic E-state index is 11.9. The third-order valence-corrected chi connectivity index (χ3v) is 6.97. The van der Waals surface area contributed by atoms with Crippen LogP contribution in [0.4, 0.5) is 0 Å². The first-order valence-electron chi connectivity index (χ1n) is 14.5. The number of methoxy groups -OCH3 is 2. The SMILES string of the molecule is CCOC(=O)c1ccc(OC)c(OCc2nc(C)c(C)nc2C)c1.COc1ccc(C(=O)O)cc1OCc1nc(C)c(C)nc1C. The zero-order valence-corrected chi connectivity index (χ0v) is 27.7. The molecule has 2 aromatic heterocycles. The van der Waals surface area contributed by atoms with E-state index in [0.29, 0.717) is 40.9 Å². The smallest absolute Gasteiger partial charge is 0.338 e. The number of carboxylic acid groups (broad SMARTS) is 1. The summed E-state index contributed by atoms with van der Waals surface area (Å²) >= 11 is 0.